The van der Waals surface area contributed by atoms with Crippen LogP contribution in [-0.4, -0.2) is 52.0 Å². The van der Waals surface area contributed by atoms with Crippen molar-refractivity contribution in [3.63, 3.8) is 0 Å². The van der Waals surface area contributed by atoms with Crippen LogP contribution in [0.25, 0.3) is 0 Å². The number of aliphatic hydroxyl groups excluding tert-OH is 3. The molecule has 2 unspecified atom stereocenters. The van der Waals surface area contributed by atoms with Crippen molar-refractivity contribution >= 4 is 11.8 Å². The third-order valence-electron chi connectivity index (χ3n) is 8.67. The zero-order valence-electron chi connectivity index (χ0n) is 17.0. The van der Waals surface area contributed by atoms with Gasteiger partial charge >= 0.3 is 5.97 Å². The zero-order chi connectivity index (χ0) is 20.6. The van der Waals surface area contributed by atoms with Gasteiger partial charge in [0.1, 0.15) is 0 Å². The lowest BCUT2D eigenvalue weighted by Gasteiger charge is -2.66. The minimum absolute atomic E-state index is 0.0289. The molecule has 0 heterocycles. The lowest BCUT2D eigenvalue weighted by molar-refractivity contribution is -0.265. The molecule has 28 heavy (non-hydrogen) atoms. The number of carbonyl (C=O) groups excluding carboxylic acids is 2. The Hall–Kier alpha value is -1.24. The Morgan fingerprint density at radius 2 is 1.89 bits per heavy atom. The first-order valence-corrected chi connectivity index (χ1v) is 10.4. The average molecular weight is 392 g/mol. The van der Waals surface area contributed by atoms with Gasteiger partial charge < -0.3 is 20.1 Å². The number of carbonyl (C=O) groups is 2. The number of Topliss-reactive ketones (excluding diaryl/α,β-unsaturated/α-hetero) is 1. The quantitative estimate of drug-likeness (QED) is 0.487. The van der Waals surface area contributed by atoms with Crippen LogP contribution >= 0.6 is 0 Å². The van der Waals surface area contributed by atoms with Gasteiger partial charge in [-0.1, -0.05) is 26.8 Å². The lowest BCUT2D eigenvalue weighted by Crippen LogP contribution is -2.71. The summed E-state index contributed by atoms with van der Waals surface area (Å²) in [6.07, 6.45) is 0.170. The van der Waals surface area contributed by atoms with Crippen LogP contribution in [0.2, 0.25) is 0 Å². The van der Waals surface area contributed by atoms with Gasteiger partial charge in [-0.2, -0.15) is 0 Å². The molecule has 0 aromatic rings. The molecule has 0 aromatic carbocycles. The molecule has 4 saturated carbocycles. The second-order valence-corrected chi connectivity index (χ2v) is 10.3. The molecule has 8 atom stereocenters. The number of hydrogen-bond donors (Lipinski definition) is 3. The van der Waals surface area contributed by atoms with Crippen molar-refractivity contribution in [1.29, 1.82) is 0 Å². The van der Waals surface area contributed by atoms with Gasteiger partial charge in [-0.25, -0.2) is 0 Å². The van der Waals surface area contributed by atoms with Crippen LogP contribution in [0.5, 0.6) is 0 Å². The van der Waals surface area contributed by atoms with E-state index < -0.39 is 46.9 Å². The smallest absolute Gasteiger partial charge is 0.302 e. The van der Waals surface area contributed by atoms with Crippen molar-refractivity contribution in [2.75, 3.05) is 6.61 Å². The Morgan fingerprint density at radius 1 is 1.21 bits per heavy atom. The lowest BCUT2D eigenvalue weighted by atomic mass is 9.39. The monoisotopic (exact) mass is 392 g/mol. The number of aliphatic hydroxyl groups is 3. The number of rotatable bonds is 2. The predicted molar refractivity (Wildman–Crippen MR) is 101 cm³/mol. The van der Waals surface area contributed by atoms with Crippen molar-refractivity contribution in [3.05, 3.63) is 12.2 Å². The van der Waals surface area contributed by atoms with Gasteiger partial charge in [0, 0.05) is 24.2 Å². The SMILES string of the molecule is C=C1C(=O)[C@@]23C(O)C[C@@H]4C(C)(C)CCCC4(COC(C)=O)[C@@H]2[C@@H](O)C[C@@H]1[C@H]3O. The highest BCUT2D eigenvalue weighted by atomic mass is 16.5. The molecule has 156 valence electrons. The average Bonchev–Trinajstić information content (AvgIpc) is 2.72. The zero-order valence-corrected chi connectivity index (χ0v) is 17.0. The predicted octanol–water partition coefficient (Wildman–Crippen LogP) is 1.61. The molecule has 2 bridgehead atoms. The molecule has 0 aromatic heterocycles. The van der Waals surface area contributed by atoms with Crippen molar-refractivity contribution in [3.8, 4) is 0 Å². The van der Waals surface area contributed by atoms with Crippen LogP contribution in [0, 0.1) is 34.0 Å². The maximum Gasteiger partial charge on any atom is 0.302 e. The molecule has 1 spiro atoms. The number of ether oxygens (including phenoxy) is 1. The Balaban J connectivity index is 1.92. The maximum atomic E-state index is 13.4. The van der Waals surface area contributed by atoms with E-state index in [9.17, 15) is 24.9 Å². The van der Waals surface area contributed by atoms with Crippen LogP contribution < -0.4 is 0 Å². The summed E-state index contributed by atoms with van der Waals surface area (Å²) < 4.78 is 5.52. The number of hydrogen-bond acceptors (Lipinski definition) is 6. The van der Waals surface area contributed by atoms with E-state index in [1.165, 1.54) is 6.92 Å². The number of fused-ring (bicyclic) bond motifs is 3. The molecule has 4 rings (SSSR count). The van der Waals surface area contributed by atoms with Gasteiger partial charge in [0.15, 0.2) is 5.78 Å². The molecule has 4 aliphatic rings. The molecule has 0 aliphatic heterocycles. The van der Waals surface area contributed by atoms with Crippen molar-refractivity contribution in [2.45, 2.75) is 71.2 Å². The molecule has 0 radical (unpaired) electrons. The molecule has 6 nitrogen and oxygen atoms in total. The molecule has 3 N–H and O–H groups in total. The summed E-state index contributed by atoms with van der Waals surface area (Å²) in [4.78, 5) is 25.1. The second kappa shape index (κ2) is 6.13. The molecule has 4 aliphatic carbocycles. The van der Waals surface area contributed by atoms with Gasteiger partial charge in [-0.3, -0.25) is 9.59 Å². The maximum absolute atomic E-state index is 13.4. The van der Waals surface area contributed by atoms with Crippen LogP contribution in [-0.2, 0) is 14.3 Å². The summed E-state index contributed by atoms with van der Waals surface area (Å²) in [6, 6.07) is 0. The van der Waals surface area contributed by atoms with Crippen molar-refractivity contribution < 1.29 is 29.6 Å². The first-order valence-electron chi connectivity index (χ1n) is 10.4. The van der Waals surface area contributed by atoms with E-state index in [4.69, 9.17) is 4.74 Å². The molecule has 4 fully saturated rings. The van der Waals surface area contributed by atoms with Crippen molar-refractivity contribution in [2.24, 2.45) is 34.0 Å². The summed E-state index contributed by atoms with van der Waals surface area (Å²) in [6.45, 7) is 9.65. The van der Waals surface area contributed by atoms with Crippen LogP contribution in [0.1, 0.15) is 52.9 Å². The Morgan fingerprint density at radius 3 is 2.54 bits per heavy atom. The molecule has 6 heteroatoms. The van der Waals surface area contributed by atoms with Gasteiger partial charge in [-0.15, -0.1) is 0 Å². The second-order valence-electron chi connectivity index (χ2n) is 10.3. The van der Waals surface area contributed by atoms with Gasteiger partial charge in [0.05, 0.1) is 30.3 Å². The topological polar surface area (TPSA) is 104 Å². The van der Waals surface area contributed by atoms with E-state index in [1.54, 1.807) is 0 Å². The third kappa shape index (κ3) is 2.25. The van der Waals surface area contributed by atoms with E-state index in [2.05, 4.69) is 20.4 Å². The number of esters is 1. The minimum Gasteiger partial charge on any atom is -0.465 e. The minimum atomic E-state index is -1.45. The molecular formula is C22H32O6. The highest BCUT2D eigenvalue weighted by Gasteiger charge is 2.77. The third-order valence-corrected chi connectivity index (χ3v) is 8.67. The number of ketones is 1. The van der Waals surface area contributed by atoms with Crippen LogP contribution in [0.4, 0.5) is 0 Å². The Bertz CT molecular complexity index is 729. The van der Waals surface area contributed by atoms with E-state index in [0.717, 1.165) is 12.8 Å². The van der Waals surface area contributed by atoms with Gasteiger partial charge in [-0.05, 0) is 42.6 Å². The first kappa shape index (κ1) is 20.0. The van der Waals surface area contributed by atoms with Crippen molar-refractivity contribution in [1.82, 2.24) is 0 Å². The summed E-state index contributed by atoms with van der Waals surface area (Å²) in [5.74, 6) is -1.93. The fourth-order valence-corrected chi connectivity index (χ4v) is 7.67. The summed E-state index contributed by atoms with van der Waals surface area (Å²) in [5.41, 5.74) is -1.94. The van der Waals surface area contributed by atoms with Crippen LogP contribution in [0.15, 0.2) is 12.2 Å². The highest BCUT2D eigenvalue weighted by molar-refractivity contribution is 6.04. The fraction of sp³-hybridized carbons (Fsp3) is 0.818. The Kier molecular flexibility index (Phi) is 4.39. The Labute approximate surface area is 166 Å². The van der Waals surface area contributed by atoms with E-state index in [1.807, 2.05) is 0 Å². The van der Waals surface area contributed by atoms with Gasteiger partial charge in [0.2, 0.25) is 0 Å². The van der Waals surface area contributed by atoms with E-state index in [-0.39, 0.29) is 30.1 Å². The van der Waals surface area contributed by atoms with Crippen LogP contribution in [0.3, 0.4) is 0 Å². The van der Waals surface area contributed by atoms with Gasteiger partial charge in [0.25, 0.3) is 0 Å². The standard InChI is InChI=1S/C22H32O6/c1-11-13-8-14(24)17-21(10-28-12(2)23)7-5-6-20(3,4)15(21)9-16(25)22(17,18(11)26)19(13)27/h13-17,19,24-25,27H,1,5-10H2,2-4H3/t13-,14-,15+,16?,17-,19+,21?,22+/m0/s1. The molecule has 0 saturated heterocycles. The summed E-state index contributed by atoms with van der Waals surface area (Å²) >= 11 is 0. The first-order chi connectivity index (χ1) is 13.0. The normalized spacial score (nSPS) is 49.4. The van der Waals surface area contributed by atoms with E-state index >= 15 is 0 Å². The fourth-order valence-electron chi connectivity index (χ4n) is 7.67. The summed E-state index contributed by atoms with van der Waals surface area (Å²) in [7, 11) is 0. The highest BCUT2D eigenvalue weighted by Crippen LogP contribution is 2.71. The largest absolute Gasteiger partial charge is 0.465 e. The summed E-state index contributed by atoms with van der Waals surface area (Å²) in [5, 5.41) is 33.7. The van der Waals surface area contributed by atoms with E-state index in [0.29, 0.717) is 18.4 Å². The molecule has 0 amide bonds. The molecular weight excluding hydrogens is 360 g/mol.